The van der Waals surface area contributed by atoms with Crippen LogP contribution >= 0.6 is 0 Å². The first-order valence-electron chi connectivity index (χ1n) is 6.92. The van der Waals surface area contributed by atoms with Crippen LogP contribution in [0.4, 0.5) is 0 Å². The highest BCUT2D eigenvalue weighted by Crippen LogP contribution is 2.41. The van der Waals surface area contributed by atoms with E-state index in [-0.39, 0.29) is 23.3 Å². The molecule has 0 radical (unpaired) electrons. The largest absolute Gasteiger partial charge is 0.507 e. The van der Waals surface area contributed by atoms with Crippen molar-refractivity contribution in [1.82, 2.24) is 5.32 Å². The number of phenolic OH excluding ortho intramolecular Hbond substituents is 1. The van der Waals surface area contributed by atoms with Gasteiger partial charge in [0.1, 0.15) is 11.5 Å². The number of phenols is 1. The summed E-state index contributed by atoms with van der Waals surface area (Å²) in [6.07, 6.45) is 0.937. The standard InChI is InChI=1S/C17H17NO3/c1-21-12-7-8-13(16(19)9-12)17(20)18-15-10-14(15)11-5-3-2-4-6-11/h2-9,14-15,19H,10H2,1H3,(H,18,20). The SMILES string of the molecule is COc1ccc(C(=O)NC2CC2c2ccccc2)c(O)c1. The molecule has 0 spiro atoms. The van der Waals surface area contributed by atoms with Crippen LogP contribution in [0.15, 0.2) is 48.5 Å². The molecule has 4 nitrogen and oxygen atoms in total. The smallest absolute Gasteiger partial charge is 0.255 e. The molecule has 0 bridgehead atoms. The molecule has 2 aromatic carbocycles. The average molecular weight is 283 g/mol. The lowest BCUT2D eigenvalue weighted by atomic mass is 10.1. The Morgan fingerprint density at radius 3 is 2.67 bits per heavy atom. The molecule has 0 aromatic heterocycles. The third-order valence-corrected chi connectivity index (χ3v) is 3.78. The Morgan fingerprint density at radius 2 is 2.00 bits per heavy atom. The summed E-state index contributed by atoms with van der Waals surface area (Å²) < 4.78 is 5.01. The van der Waals surface area contributed by atoms with Crippen molar-refractivity contribution in [2.75, 3.05) is 7.11 Å². The minimum Gasteiger partial charge on any atom is -0.507 e. The number of aromatic hydroxyl groups is 1. The molecule has 2 unspecified atom stereocenters. The van der Waals surface area contributed by atoms with Crippen LogP contribution in [0, 0.1) is 0 Å². The van der Waals surface area contributed by atoms with Gasteiger partial charge in [0.15, 0.2) is 0 Å². The Balaban J connectivity index is 1.66. The van der Waals surface area contributed by atoms with Crippen LogP contribution < -0.4 is 10.1 Å². The molecule has 0 saturated heterocycles. The van der Waals surface area contributed by atoms with Gasteiger partial charge in [0.2, 0.25) is 0 Å². The Labute approximate surface area is 123 Å². The summed E-state index contributed by atoms with van der Waals surface area (Å²) >= 11 is 0. The van der Waals surface area contributed by atoms with Gasteiger partial charge in [-0.25, -0.2) is 0 Å². The van der Waals surface area contributed by atoms with Gasteiger partial charge >= 0.3 is 0 Å². The number of rotatable bonds is 4. The van der Waals surface area contributed by atoms with E-state index < -0.39 is 0 Å². The Kier molecular flexibility index (Phi) is 3.52. The predicted molar refractivity (Wildman–Crippen MR) is 79.7 cm³/mol. The molecule has 108 valence electrons. The minimum atomic E-state index is -0.251. The van der Waals surface area contributed by atoms with E-state index in [0.717, 1.165) is 6.42 Å². The molecule has 1 saturated carbocycles. The lowest BCUT2D eigenvalue weighted by Gasteiger charge is -2.08. The predicted octanol–water partition coefficient (Wildman–Crippen LogP) is 2.69. The van der Waals surface area contributed by atoms with Crippen molar-refractivity contribution in [2.24, 2.45) is 0 Å². The van der Waals surface area contributed by atoms with Gasteiger partial charge in [-0.1, -0.05) is 30.3 Å². The summed E-state index contributed by atoms with van der Waals surface area (Å²) in [5.41, 5.74) is 1.51. The molecule has 1 fully saturated rings. The van der Waals surface area contributed by atoms with Crippen molar-refractivity contribution in [3.63, 3.8) is 0 Å². The van der Waals surface area contributed by atoms with E-state index in [0.29, 0.717) is 11.7 Å². The lowest BCUT2D eigenvalue weighted by molar-refractivity contribution is 0.0947. The number of methoxy groups -OCH3 is 1. The quantitative estimate of drug-likeness (QED) is 0.907. The first-order chi connectivity index (χ1) is 10.2. The van der Waals surface area contributed by atoms with Crippen molar-refractivity contribution in [1.29, 1.82) is 0 Å². The van der Waals surface area contributed by atoms with Gasteiger partial charge in [-0.05, 0) is 24.1 Å². The molecule has 21 heavy (non-hydrogen) atoms. The maximum atomic E-state index is 12.2. The number of benzene rings is 2. The van der Waals surface area contributed by atoms with E-state index in [4.69, 9.17) is 4.74 Å². The van der Waals surface area contributed by atoms with E-state index in [2.05, 4.69) is 17.4 Å². The van der Waals surface area contributed by atoms with Gasteiger partial charge in [0, 0.05) is 18.0 Å². The van der Waals surface area contributed by atoms with Crippen molar-refractivity contribution in [3.05, 3.63) is 59.7 Å². The summed E-state index contributed by atoms with van der Waals surface area (Å²) in [5.74, 6) is 0.579. The Hall–Kier alpha value is -2.49. The number of amides is 1. The third-order valence-electron chi connectivity index (χ3n) is 3.78. The van der Waals surface area contributed by atoms with Crippen LogP contribution in [0.3, 0.4) is 0 Å². The minimum absolute atomic E-state index is 0.0660. The van der Waals surface area contributed by atoms with Crippen molar-refractivity contribution in [2.45, 2.75) is 18.4 Å². The van der Waals surface area contributed by atoms with E-state index in [1.165, 1.54) is 18.7 Å². The molecule has 1 aliphatic carbocycles. The average Bonchev–Trinajstić information content (AvgIpc) is 3.27. The van der Waals surface area contributed by atoms with Crippen LogP contribution in [-0.4, -0.2) is 24.2 Å². The number of ether oxygens (including phenoxy) is 1. The van der Waals surface area contributed by atoms with Gasteiger partial charge in [-0.2, -0.15) is 0 Å². The molecular weight excluding hydrogens is 266 g/mol. The molecule has 4 heteroatoms. The molecule has 2 aromatic rings. The fourth-order valence-corrected chi connectivity index (χ4v) is 2.50. The zero-order chi connectivity index (χ0) is 14.8. The fraction of sp³-hybridized carbons (Fsp3) is 0.235. The maximum Gasteiger partial charge on any atom is 0.255 e. The third kappa shape index (κ3) is 2.84. The zero-order valence-electron chi connectivity index (χ0n) is 11.7. The topological polar surface area (TPSA) is 58.6 Å². The molecule has 0 heterocycles. The van der Waals surface area contributed by atoms with Gasteiger partial charge in [-0.15, -0.1) is 0 Å². The molecule has 2 atom stereocenters. The number of carbonyl (C=O) groups excluding carboxylic acids is 1. The van der Waals surface area contributed by atoms with Crippen LogP contribution in [-0.2, 0) is 0 Å². The highest BCUT2D eigenvalue weighted by atomic mass is 16.5. The van der Waals surface area contributed by atoms with Crippen LogP contribution in [0.1, 0.15) is 28.3 Å². The Morgan fingerprint density at radius 1 is 1.24 bits per heavy atom. The lowest BCUT2D eigenvalue weighted by Crippen LogP contribution is -2.26. The second kappa shape index (κ2) is 5.48. The first kappa shape index (κ1) is 13.5. The monoisotopic (exact) mass is 283 g/mol. The summed E-state index contributed by atoms with van der Waals surface area (Å²) in [7, 11) is 1.52. The van der Waals surface area contributed by atoms with E-state index in [1.54, 1.807) is 12.1 Å². The number of hydrogen-bond donors (Lipinski definition) is 2. The summed E-state index contributed by atoms with van der Waals surface area (Å²) in [6.45, 7) is 0. The second-order valence-electron chi connectivity index (χ2n) is 5.22. The molecular formula is C17H17NO3. The highest BCUT2D eigenvalue weighted by molar-refractivity contribution is 5.97. The van der Waals surface area contributed by atoms with Crippen molar-refractivity contribution in [3.8, 4) is 11.5 Å². The van der Waals surface area contributed by atoms with Crippen molar-refractivity contribution < 1.29 is 14.6 Å². The normalized spacial score (nSPS) is 19.9. The molecule has 2 N–H and O–H groups in total. The Bertz CT molecular complexity index is 654. The second-order valence-corrected chi connectivity index (χ2v) is 5.22. The summed E-state index contributed by atoms with van der Waals surface area (Å²) in [6, 6.07) is 14.9. The first-order valence-corrected chi connectivity index (χ1v) is 6.92. The van der Waals surface area contributed by atoms with E-state index in [9.17, 15) is 9.90 Å². The van der Waals surface area contributed by atoms with Crippen LogP contribution in [0.2, 0.25) is 0 Å². The molecule has 1 amide bonds. The van der Waals surface area contributed by atoms with Gasteiger partial charge in [-0.3, -0.25) is 4.79 Å². The number of hydrogen-bond acceptors (Lipinski definition) is 3. The maximum absolute atomic E-state index is 12.2. The number of carbonyl (C=O) groups is 1. The van der Waals surface area contributed by atoms with Gasteiger partial charge in [0.25, 0.3) is 5.91 Å². The zero-order valence-corrected chi connectivity index (χ0v) is 11.7. The molecule has 0 aliphatic heterocycles. The van der Waals surface area contributed by atoms with Crippen LogP contribution in [0.25, 0.3) is 0 Å². The van der Waals surface area contributed by atoms with Gasteiger partial charge in [0.05, 0.1) is 12.7 Å². The molecule has 3 rings (SSSR count). The van der Waals surface area contributed by atoms with Crippen LogP contribution in [0.5, 0.6) is 11.5 Å². The molecule has 1 aliphatic rings. The summed E-state index contributed by atoms with van der Waals surface area (Å²) in [4.78, 5) is 12.2. The van der Waals surface area contributed by atoms with Crippen molar-refractivity contribution >= 4 is 5.91 Å². The summed E-state index contributed by atoms with van der Waals surface area (Å²) in [5, 5.41) is 12.8. The number of nitrogens with one attached hydrogen (secondary N) is 1. The van der Waals surface area contributed by atoms with E-state index >= 15 is 0 Å². The highest BCUT2D eigenvalue weighted by Gasteiger charge is 2.39. The fourth-order valence-electron chi connectivity index (χ4n) is 2.50. The van der Waals surface area contributed by atoms with Gasteiger partial charge < -0.3 is 15.2 Å². The van der Waals surface area contributed by atoms with E-state index in [1.807, 2.05) is 18.2 Å².